The molecule has 3 N–H and O–H groups in total. The van der Waals surface area contributed by atoms with Gasteiger partial charge in [-0.15, -0.1) is 24.0 Å². The molecule has 31 heavy (non-hydrogen) atoms. The van der Waals surface area contributed by atoms with Gasteiger partial charge in [0.05, 0.1) is 11.4 Å². The van der Waals surface area contributed by atoms with Gasteiger partial charge in [0, 0.05) is 38.4 Å². The summed E-state index contributed by atoms with van der Waals surface area (Å²) in [5.74, 6) is 0.633. The SMILES string of the molecule is CCNC(=NCCNS(=O)(=O)c1ccccc1)NC1CCN(c2ncccc2F)C1.I. The number of halogens is 2. The molecule has 1 atom stereocenters. The van der Waals surface area contributed by atoms with Crippen molar-refractivity contribution in [1.29, 1.82) is 0 Å². The lowest BCUT2D eigenvalue weighted by Crippen LogP contribution is -2.45. The third-order valence-electron chi connectivity index (χ3n) is 4.64. The van der Waals surface area contributed by atoms with Gasteiger partial charge >= 0.3 is 0 Å². The summed E-state index contributed by atoms with van der Waals surface area (Å²) in [4.78, 5) is 10.7. The molecule has 0 amide bonds. The van der Waals surface area contributed by atoms with Crippen molar-refractivity contribution in [3.05, 3.63) is 54.5 Å². The number of hydrogen-bond acceptors (Lipinski definition) is 5. The topological polar surface area (TPSA) is 98.7 Å². The van der Waals surface area contributed by atoms with Crippen molar-refractivity contribution in [2.75, 3.05) is 37.6 Å². The molecule has 0 aliphatic carbocycles. The van der Waals surface area contributed by atoms with E-state index < -0.39 is 10.0 Å². The summed E-state index contributed by atoms with van der Waals surface area (Å²) in [6.07, 6.45) is 2.41. The summed E-state index contributed by atoms with van der Waals surface area (Å²) < 4.78 is 41.0. The smallest absolute Gasteiger partial charge is 0.240 e. The summed E-state index contributed by atoms with van der Waals surface area (Å²) >= 11 is 0. The van der Waals surface area contributed by atoms with Crippen LogP contribution in [0.3, 0.4) is 0 Å². The maximum atomic E-state index is 14.0. The minimum absolute atomic E-state index is 0. The Bertz CT molecular complexity index is 961. The summed E-state index contributed by atoms with van der Waals surface area (Å²) in [7, 11) is -3.54. The summed E-state index contributed by atoms with van der Waals surface area (Å²) in [6.45, 7) is 4.41. The average molecular weight is 562 g/mol. The predicted octanol–water partition coefficient (Wildman–Crippen LogP) is 1.95. The Labute approximate surface area is 199 Å². The standard InChI is InChI=1S/C20H27FN6O2S.HI/c1-2-22-20(24-12-13-25-30(28,29)17-7-4-3-5-8-17)26-16-10-14-27(15-16)19-18(21)9-6-11-23-19;/h3-9,11,16,25H,2,10,12-15H2,1H3,(H2,22,24,26);1H. The number of anilines is 1. The fourth-order valence-electron chi connectivity index (χ4n) is 3.22. The Morgan fingerprint density at radius 3 is 2.74 bits per heavy atom. The van der Waals surface area contributed by atoms with Gasteiger partial charge < -0.3 is 15.5 Å². The normalized spacial score (nSPS) is 16.6. The van der Waals surface area contributed by atoms with E-state index in [1.54, 1.807) is 42.6 Å². The highest BCUT2D eigenvalue weighted by molar-refractivity contribution is 14.0. The maximum Gasteiger partial charge on any atom is 0.240 e. The number of hydrogen-bond donors (Lipinski definition) is 3. The highest BCUT2D eigenvalue weighted by Crippen LogP contribution is 2.20. The van der Waals surface area contributed by atoms with Gasteiger partial charge in [0.2, 0.25) is 10.0 Å². The minimum atomic E-state index is -3.54. The van der Waals surface area contributed by atoms with E-state index in [1.165, 1.54) is 6.07 Å². The van der Waals surface area contributed by atoms with Crippen LogP contribution in [0.1, 0.15) is 13.3 Å². The van der Waals surface area contributed by atoms with Gasteiger partial charge in [-0.2, -0.15) is 0 Å². The van der Waals surface area contributed by atoms with E-state index in [0.29, 0.717) is 31.4 Å². The second kappa shape index (κ2) is 12.2. The number of sulfonamides is 1. The summed E-state index contributed by atoms with van der Waals surface area (Å²) in [5.41, 5.74) is 0. The van der Waals surface area contributed by atoms with Crippen molar-refractivity contribution >= 4 is 45.8 Å². The highest BCUT2D eigenvalue weighted by Gasteiger charge is 2.25. The molecule has 0 bridgehead atoms. The molecule has 1 aromatic carbocycles. The maximum absolute atomic E-state index is 14.0. The van der Waals surface area contributed by atoms with Gasteiger partial charge in [-0.25, -0.2) is 22.5 Å². The third kappa shape index (κ3) is 7.28. The van der Waals surface area contributed by atoms with Crippen LogP contribution >= 0.6 is 24.0 Å². The predicted molar refractivity (Wildman–Crippen MR) is 131 cm³/mol. The molecule has 1 unspecified atom stereocenters. The number of rotatable bonds is 8. The Morgan fingerprint density at radius 2 is 2.03 bits per heavy atom. The largest absolute Gasteiger partial charge is 0.357 e. The molecule has 0 spiro atoms. The molecule has 1 aliphatic heterocycles. The average Bonchev–Trinajstić information content (AvgIpc) is 3.20. The fourth-order valence-corrected chi connectivity index (χ4v) is 4.27. The van der Waals surface area contributed by atoms with Gasteiger partial charge in [0.15, 0.2) is 17.6 Å². The van der Waals surface area contributed by atoms with Crippen LogP contribution in [0.25, 0.3) is 0 Å². The second-order valence-corrected chi connectivity index (χ2v) is 8.62. The van der Waals surface area contributed by atoms with Gasteiger partial charge in [0.1, 0.15) is 0 Å². The van der Waals surface area contributed by atoms with Crippen molar-refractivity contribution in [3.63, 3.8) is 0 Å². The summed E-state index contributed by atoms with van der Waals surface area (Å²) in [6, 6.07) is 11.3. The molecule has 8 nitrogen and oxygen atoms in total. The van der Waals surface area contributed by atoms with Crippen LogP contribution in [0, 0.1) is 5.82 Å². The minimum Gasteiger partial charge on any atom is -0.357 e. The fraction of sp³-hybridized carbons (Fsp3) is 0.400. The number of nitrogens with zero attached hydrogens (tertiary/aromatic N) is 3. The molecular weight excluding hydrogens is 534 g/mol. The molecule has 2 heterocycles. The lowest BCUT2D eigenvalue weighted by atomic mass is 10.3. The van der Waals surface area contributed by atoms with Crippen LogP contribution in [-0.2, 0) is 10.0 Å². The first-order valence-corrected chi connectivity index (χ1v) is 11.4. The van der Waals surface area contributed by atoms with Crippen LogP contribution in [0.4, 0.5) is 10.2 Å². The zero-order valence-corrected chi connectivity index (χ0v) is 20.4. The Hall–Kier alpha value is -1.99. The van der Waals surface area contributed by atoms with Crippen LogP contribution in [0.5, 0.6) is 0 Å². The van der Waals surface area contributed by atoms with Gasteiger partial charge in [-0.05, 0) is 37.6 Å². The number of aromatic nitrogens is 1. The first-order chi connectivity index (χ1) is 14.5. The van der Waals surface area contributed by atoms with E-state index in [0.717, 1.165) is 6.42 Å². The first kappa shape index (κ1) is 25.3. The van der Waals surface area contributed by atoms with Crippen molar-refractivity contribution in [2.45, 2.75) is 24.3 Å². The number of pyridine rings is 1. The molecule has 1 saturated heterocycles. The molecule has 1 aliphatic rings. The Kier molecular flexibility index (Phi) is 9.91. The molecule has 11 heteroatoms. The lowest BCUT2D eigenvalue weighted by molar-refractivity contribution is 0.581. The number of aliphatic imine (C=N–C) groups is 1. The van der Waals surface area contributed by atoms with E-state index in [9.17, 15) is 12.8 Å². The molecule has 1 fully saturated rings. The molecule has 2 aromatic rings. The lowest BCUT2D eigenvalue weighted by Gasteiger charge is -2.20. The highest BCUT2D eigenvalue weighted by atomic mass is 127. The number of guanidine groups is 1. The van der Waals surface area contributed by atoms with Gasteiger partial charge in [0.25, 0.3) is 0 Å². The quantitative estimate of drug-likeness (QED) is 0.197. The molecule has 0 saturated carbocycles. The van der Waals surface area contributed by atoms with Gasteiger partial charge in [-0.1, -0.05) is 18.2 Å². The molecule has 170 valence electrons. The Morgan fingerprint density at radius 1 is 1.26 bits per heavy atom. The third-order valence-corrected chi connectivity index (χ3v) is 6.12. The first-order valence-electron chi connectivity index (χ1n) is 9.94. The van der Waals surface area contributed by atoms with E-state index in [-0.39, 0.29) is 53.8 Å². The number of benzene rings is 1. The van der Waals surface area contributed by atoms with Gasteiger partial charge in [-0.3, -0.25) is 4.99 Å². The van der Waals surface area contributed by atoms with Crippen LogP contribution in [0.2, 0.25) is 0 Å². The summed E-state index contributed by atoms with van der Waals surface area (Å²) in [5, 5.41) is 6.49. The van der Waals surface area contributed by atoms with E-state index >= 15 is 0 Å². The molecule has 1 aromatic heterocycles. The van der Waals surface area contributed by atoms with Crippen molar-refractivity contribution < 1.29 is 12.8 Å². The van der Waals surface area contributed by atoms with Crippen molar-refractivity contribution in [1.82, 2.24) is 20.3 Å². The Balaban J connectivity index is 0.00000341. The molecule has 3 rings (SSSR count). The van der Waals surface area contributed by atoms with Crippen molar-refractivity contribution in [2.24, 2.45) is 4.99 Å². The van der Waals surface area contributed by atoms with E-state index in [1.807, 2.05) is 11.8 Å². The zero-order chi connectivity index (χ0) is 21.4. The molecule has 0 radical (unpaired) electrons. The van der Waals surface area contributed by atoms with Crippen LogP contribution < -0.4 is 20.3 Å². The van der Waals surface area contributed by atoms with Crippen LogP contribution in [0.15, 0.2) is 58.5 Å². The second-order valence-electron chi connectivity index (χ2n) is 6.86. The van der Waals surface area contributed by atoms with Crippen molar-refractivity contribution in [3.8, 4) is 0 Å². The zero-order valence-electron chi connectivity index (χ0n) is 17.3. The monoisotopic (exact) mass is 562 g/mol. The number of nitrogens with one attached hydrogen (secondary N) is 3. The van der Waals surface area contributed by atoms with Crippen LogP contribution in [-0.4, -0.2) is 58.1 Å². The molecular formula is C20H28FIN6O2S. The van der Waals surface area contributed by atoms with E-state index in [2.05, 4.69) is 25.3 Å². The van der Waals surface area contributed by atoms with E-state index in [4.69, 9.17) is 0 Å².